The Morgan fingerprint density at radius 3 is 2.46 bits per heavy atom. The molecule has 0 unspecified atom stereocenters. The second kappa shape index (κ2) is 11.5. The van der Waals surface area contributed by atoms with E-state index < -0.39 is 12.6 Å². The fourth-order valence-corrected chi connectivity index (χ4v) is 5.72. The van der Waals surface area contributed by atoms with Crippen LogP contribution in [-0.2, 0) is 16.0 Å². The van der Waals surface area contributed by atoms with Crippen molar-refractivity contribution in [3.63, 3.8) is 0 Å². The van der Waals surface area contributed by atoms with Crippen molar-refractivity contribution in [2.45, 2.75) is 58.7 Å². The van der Waals surface area contributed by atoms with E-state index in [-0.39, 0.29) is 24.0 Å². The van der Waals surface area contributed by atoms with E-state index in [9.17, 15) is 9.90 Å². The van der Waals surface area contributed by atoms with Crippen molar-refractivity contribution in [1.29, 1.82) is 0 Å². The Bertz CT molecular complexity index is 1280. The van der Waals surface area contributed by atoms with Crippen molar-refractivity contribution in [1.82, 2.24) is 0 Å². The number of aryl methyl sites for hydroxylation is 2. The molecule has 5 heteroatoms. The van der Waals surface area contributed by atoms with Crippen LogP contribution in [0.15, 0.2) is 72.8 Å². The molecule has 1 aliphatic rings. The van der Waals surface area contributed by atoms with Gasteiger partial charge in [-0.1, -0.05) is 72.3 Å². The number of carboxylic acids is 1. The number of aliphatic carboxylic acids is 1. The Balaban J connectivity index is 1.82. The van der Waals surface area contributed by atoms with Crippen molar-refractivity contribution in [2.75, 3.05) is 6.61 Å². The Kier molecular flexibility index (Phi) is 8.41. The van der Waals surface area contributed by atoms with E-state index >= 15 is 0 Å². The lowest BCUT2D eigenvalue weighted by molar-refractivity contribution is -0.139. The first-order chi connectivity index (χ1) is 17.7. The third-order valence-electron chi connectivity index (χ3n) is 7.49. The van der Waals surface area contributed by atoms with Crippen LogP contribution in [0, 0.1) is 26.7 Å². The number of hydrogen-bond acceptors (Lipinski definition) is 3. The second-order valence-corrected chi connectivity index (χ2v) is 10.6. The van der Waals surface area contributed by atoms with Crippen LogP contribution in [0.5, 0.6) is 5.75 Å². The largest absolute Gasteiger partial charge is 0.481 e. The number of carbonyl (C=O) groups is 1. The zero-order valence-electron chi connectivity index (χ0n) is 22.0. The first-order valence-corrected chi connectivity index (χ1v) is 13.1. The standard InChI is InChI=1S/C32H35ClO4/c1-19(2)26-17-27(24-12-9-13-25(33)16-24)28(15-23-10-7-6-8-11-23)37-32(26)30-21(4)14-20(3)22(5)31(30)36-18-29(34)35/h6-14,16,26-28,32H,1,15,17-18H2,2-5H3,(H,34,35)/t26-,27-,28+,32+/m0/s1. The van der Waals surface area contributed by atoms with Gasteiger partial charge in [-0.2, -0.15) is 0 Å². The third kappa shape index (κ3) is 6.08. The van der Waals surface area contributed by atoms with Crippen LogP contribution in [0.2, 0.25) is 5.02 Å². The Hall–Kier alpha value is -3.08. The van der Waals surface area contributed by atoms with Gasteiger partial charge in [0.25, 0.3) is 0 Å². The Labute approximate surface area is 224 Å². The molecule has 4 rings (SSSR count). The summed E-state index contributed by atoms with van der Waals surface area (Å²) in [5.41, 5.74) is 7.31. The number of benzene rings is 3. The van der Waals surface area contributed by atoms with Crippen molar-refractivity contribution >= 4 is 17.6 Å². The van der Waals surface area contributed by atoms with Crippen LogP contribution >= 0.6 is 11.6 Å². The van der Waals surface area contributed by atoms with E-state index in [4.69, 9.17) is 21.1 Å². The molecule has 194 valence electrons. The molecule has 0 aliphatic carbocycles. The Morgan fingerprint density at radius 1 is 1.08 bits per heavy atom. The van der Waals surface area contributed by atoms with E-state index in [1.54, 1.807) is 0 Å². The van der Waals surface area contributed by atoms with E-state index in [0.29, 0.717) is 10.8 Å². The van der Waals surface area contributed by atoms with Crippen LogP contribution in [0.25, 0.3) is 0 Å². The lowest BCUT2D eigenvalue weighted by Gasteiger charge is -2.44. The average Bonchev–Trinajstić information content (AvgIpc) is 2.85. The smallest absolute Gasteiger partial charge is 0.341 e. The molecule has 1 saturated heterocycles. The average molecular weight is 519 g/mol. The van der Waals surface area contributed by atoms with Gasteiger partial charge in [0.05, 0.1) is 12.2 Å². The van der Waals surface area contributed by atoms with Gasteiger partial charge in [0.15, 0.2) is 6.61 Å². The summed E-state index contributed by atoms with van der Waals surface area (Å²) >= 11 is 6.41. The first kappa shape index (κ1) is 27.0. The highest BCUT2D eigenvalue weighted by Gasteiger charge is 2.42. The van der Waals surface area contributed by atoms with Gasteiger partial charge in [0, 0.05) is 22.4 Å². The molecule has 1 N–H and O–H groups in total. The third-order valence-corrected chi connectivity index (χ3v) is 7.73. The van der Waals surface area contributed by atoms with Crippen molar-refractivity contribution in [3.05, 3.63) is 111 Å². The molecule has 0 saturated carbocycles. The lowest BCUT2D eigenvalue weighted by atomic mass is 9.73. The van der Waals surface area contributed by atoms with E-state index in [1.165, 1.54) is 5.56 Å². The van der Waals surface area contributed by atoms with Gasteiger partial charge in [-0.25, -0.2) is 4.79 Å². The number of carboxylic acid groups (broad SMARTS) is 1. The SMILES string of the molecule is C=C(C)[C@@H]1C[C@@H](c2cccc(Cl)c2)[C@@H](Cc2ccccc2)O[C@H]1c1c(C)cc(C)c(C)c1OCC(=O)O. The summed E-state index contributed by atoms with van der Waals surface area (Å²) in [5.74, 6) is -0.264. The minimum absolute atomic E-state index is 0.0176. The summed E-state index contributed by atoms with van der Waals surface area (Å²) < 4.78 is 13.0. The van der Waals surface area contributed by atoms with Gasteiger partial charge >= 0.3 is 5.97 Å². The predicted octanol–water partition coefficient (Wildman–Crippen LogP) is 7.78. The van der Waals surface area contributed by atoms with E-state index in [2.05, 4.69) is 30.8 Å². The summed E-state index contributed by atoms with van der Waals surface area (Å²) in [6, 6.07) is 20.5. The van der Waals surface area contributed by atoms with Gasteiger partial charge in [-0.05, 0) is 80.5 Å². The summed E-state index contributed by atoms with van der Waals surface area (Å²) in [4.78, 5) is 11.4. The topological polar surface area (TPSA) is 55.8 Å². The molecule has 3 aromatic carbocycles. The summed E-state index contributed by atoms with van der Waals surface area (Å²) in [7, 11) is 0. The number of halogens is 1. The van der Waals surface area contributed by atoms with Crippen LogP contribution in [0.4, 0.5) is 0 Å². The van der Waals surface area contributed by atoms with E-state index in [0.717, 1.165) is 46.2 Å². The highest BCUT2D eigenvalue weighted by Crippen LogP contribution is 2.50. The number of ether oxygens (including phenoxy) is 2. The number of rotatable bonds is 8. The second-order valence-electron chi connectivity index (χ2n) is 10.2. The zero-order valence-corrected chi connectivity index (χ0v) is 22.7. The molecular formula is C32H35ClO4. The summed E-state index contributed by atoms with van der Waals surface area (Å²) in [6.07, 6.45) is 1.15. The molecule has 1 fully saturated rings. The minimum Gasteiger partial charge on any atom is -0.481 e. The Morgan fingerprint density at radius 2 is 1.81 bits per heavy atom. The van der Waals surface area contributed by atoms with Crippen LogP contribution in [-0.4, -0.2) is 23.8 Å². The summed E-state index contributed by atoms with van der Waals surface area (Å²) in [5, 5.41) is 10.1. The molecule has 1 heterocycles. The van der Waals surface area contributed by atoms with Gasteiger partial charge in [-0.3, -0.25) is 0 Å². The molecule has 0 spiro atoms. The van der Waals surface area contributed by atoms with Gasteiger partial charge < -0.3 is 14.6 Å². The predicted molar refractivity (Wildman–Crippen MR) is 149 cm³/mol. The van der Waals surface area contributed by atoms with Crippen molar-refractivity contribution in [2.24, 2.45) is 5.92 Å². The monoisotopic (exact) mass is 518 g/mol. The highest BCUT2D eigenvalue weighted by molar-refractivity contribution is 6.30. The normalized spacial score (nSPS) is 21.4. The van der Waals surface area contributed by atoms with E-state index in [1.807, 2.05) is 64.1 Å². The van der Waals surface area contributed by atoms with Gasteiger partial charge in [-0.15, -0.1) is 0 Å². The number of hydrogen-bond donors (Lipinski definition) is 1. The molecule has 0 bridgehead atoms. The quantitative estimate of drug-likeness (QED) is 0.309. The molecule has 0 amide bonds. The molecule has 4 atom stereocenters. The molecule has 37 heavy (non-hydrogen) atoms. The fraction of sp³-hybridized carbons (Fsp3) is 0.344. The maximum Gasteiger partial charge on any atom is 0.341 e. The van der Waals surface area contributed by atoms with Crippen LogP contribution in [0.1, 0.15) is 58.7 Å². The van der Waals surface area contributed by atoms with Crippen LogP contribution in [0.3, 0.4) is 0 Å². The maximum absolute atomic E-state index is 11.4. The van der Waals surface area contributed by atoms with Gasteiger partial charge in [0.2, 0.25) is 0 Å². The van der Waals surface area contributed by atoms with Crippen molar-refractivity contribution < 1.29 is 19.4 Å². The molecular weight excluding hydrogens is 484 g/mol. The molecule has 4 nitrogen and oxygen atoms in total. The highest BCUT2D eigenvalue weighted by atomic mass is 35.5. The van der Waals surface area contributed by atoms with Crippen LogP contribution < -0.4 is 4.74 Å². The molecule has 1 aliphatic heterocycles. The van der Waals surface area contributed by atoms with Gasteiger partial charge in [0.1, 0.15) is 5.75 Å². The fourth-order valence-electron chi connectivity index (χ4n) is 5.52. The summed E-state index contributed by atoms with van der Waals surface area (Å²) in [6.45, 7) is 12.0. The zero-order chi connectivity index (χ0) is 26.7. The molecule has 3 aromatic rings. The first-order valence-electron chi connectivity index (χ1n) is 12.7. The minimum atomic E-state index is -1.01. The molecule has 0 aromatic heterocycles. The molecule has 0 radical (unpaired) electrons. The van der Waals surface area contributed by atoms with Crippen molar-refractivity contribution in [3.8, 4) is 5.75 Å². The lowest BCUT2D eigenvalue weighted by Crippen LogP contribution is -2.38. The maximum atomic E-state index is 11.4.